The Morgan fingerprint density at radius 1 is 1.05 bits per heavy atom. The second-order valence-corrected chi connectivity index (χ2v) is 5.68. The minimum absolute atomic E-state index is 0.705. The second kappa shape index (κ2) is 5.30. The van der Waals surface area contributed by atoms with Gasteiger partial charge in [0.1, 0.15) is 0 Å². The van der Waals surface area contributed by atoms with E-state index in [4.69, 9.17) is 0 Å². The van der Waals surface area contributed by atoms with Crippen LogP contribution in [0.5, 0.6) is 0 Å². The van der Waals surface area contributed by atoms with Crippen LogP contribution in [0.4, 0.5) is 0 Å². The Kier molecular flexibility index (Phi) is 3.16. The van der Waals surface area contributed by atoms with E-state index in [1.165, 1.54) is 24.1 Å². The van der Waals surface area contributed by atoms with Crippen molar-refractivity contribution >= 4 is 5.52 Å². The third-order valence-electron chi connectivity index (χ3n) is 4.04. The Balaban J connectivity index is 1.59. The van der Waals surface area contributed by atoms with Crippen LogP contribution in [-0.4, -0.2) is 25.5 Å². The molecule has 4 nitrogen and oxygen atoms in total. The van der Waals surface area contributed by atoms with Gasteiger partial charge in [-0.25, -0.2) is 4.52 Å². The second-order valence-electron chi connectivity index (χ2n) is 5.68. The van der Waals surface area contributed by atoms with E-state index in [0.29, 0.717) is 6.04 Å². The Morgan fingerprint density at radius 3 is 2.81 bits per heavy atom. The molecule has 3 heterocycles. The summed E-state index contributed by atoms with van der Waals surface area (Å²) in [6.07, 6.45) is 8.26. The molecule has 0 radical (unpaired) electrons. The van der Waals surface area contributed by atoms with Gasteiger partial charge >= 0.3 is 0 Å². The molecule has 106 valence electrons. The molecule has 3 aromatic rings. The molecule has 21 heavy (non-hydrogen) atoms. The highest BCUT2D eigenvalue weighted by atomic mass is 15.3. The number of nitrogens with zero attached hydrogens (tertiary/aromatic N) is 4. The van der Waals surface area contributed by atoms with Crippen LogP contribution < -0.4 is 0 Å². The predicted molar refractivity (Wildman–Crippen MR) is 81.7 cm³/mol. The molecular weight excluding hydrogens is 260 g/mol. The van der Waals surface area contributed by atoms with E-state index in [0.717, 1.165) is 18.6 Å². The lowest BCUT2D eigenvalue weighted by Gasteiger charge is -2.22. The van der Waals surface area contributed by atoms with Gasteiger partial charge in [-0.3, -0.25) is 9.88 Å². The summed E-state index contributed by atoms with van der Waals surface area (Å²) < 4.78 is 2.04. The van der Waals surface area contributed by atoms with E-state index in [2.05, 4.69) is 39.2 Å². The molecule has 3 aromatic heterocycles. The van der Waals surface area contributed by atoms with Crippen LogP contribution in [0.3, 0.4) is 0 Å². The number of fused-ring (bicyclic) bond motifs is 1. The molecule has 1 saturated carbocycles. The Hall–Kier alpha value is -2.20. The van der Waals surface area contributed by atoms with E-state index in [9.17, 15) is 0 Å². The maximum atomic E-state index is 4.44. The summed E-state index contributed by atoms with van der Waals surface area (Å²) in [4.78, 5) is 6.76. The van der Waals surface area contributed by atoms with Crippen LogP contribution >= 0.6 is 0 Å². The first-order valence-electron chi connectivity index (χ1n) is 7.45. The first-order chi connectivity index (χ1) is 10.4. The summed E-state index contributed by atoms with van der Waals surface area (Å²) in [5.41, 5.74) is 3.68. The van der Waals surface area contributed by atoms with Crippen molar-refractivity contribution < 1.29 is 0 Å². The first kappa shape index (κ1) is 12.5. The molecule has 0 unspecified atom stereocenters. The lowest BCUT2D eigenvalue weighted by Crippen LogP contribution is -2.26. The normalized spacial score (nSPS) is 14.9. The third-order valence-corrected chi connectivity index (χ3v) is 4.04. The molecular formula is C17H18N4. The van der Waals surface area contributed by atoms with Gasteiger partial charge < -0.3 is 0 Å². The van der Waals surface area contributed by atoms with Crippen molar-refractivity contribution in [2.45, 2.75) is 32.0 Å². The standard InChI is InChI=1S/C17H18N4/c1-4-16-8-10-19-21(16)17(5-1)13-20(15-6-7-15)12-14-3-2-9-18-11-14/h1-5,8-11,15H,6-7,12-13H2. The minimum atomic E-state index is 0.705. The zero-order chi connectivity index (χ0) is 14.1. The maximum Gasteiger partial charge on any atom is 0.0665 e. The Bertz CT molecular complexity index is 731. The highest BCUT2D eigenvalue weighted by Crippen LogP contribution is 2.29. The fourth-order valence-electron chi connectivity index (χ4n) is 2.82. The number of hydrogen-bond acceptors (Lipinski definition) is 3. The molecule has 0 spiro atoms. The van der Waals surface area contributed by atoms with Crippen molar-refractivity contribution in [3.8, 4) is 0 Å². The fraction of sp³-hybridized carbons (Fsp3) is 0.294. The van der Waals surface area contributed by atoms with Crippen molar-refractivity contribution in [1.29, 1.82) is 0 Å². The van der Waals surface area contributed by atoms with Crippen LogP contribution in [0.15, 0.2) is 55.0 Å². The van der Waals surface area contributed by atoms with Gasteiger partial charge in [-0.05, 0) is 42.7 Å². The lowest BCUT2D eigenvalue weighted by molar-refractivity contribution is 0.240. The molecule has 1 aliphatic carbocycles. The molecule has 4 rings (SSSR count). The van der Waals surface area contributed by atoms with Crippen molar-refractivity contribution in [3.63, 3.8) is 0 Å². The van der Waals surface area contributed by atoms with E-state index in [-0.39, 0.29) is 0 Å². The molecule has 4 heteroatoms. The predicted octanol–water partition coefficient (Wildman–Crippen LogP) is 2.89. The topological polar surface area (TPSA) is 33.4 Å². The van der Waals surface area contributed by atoms with Gasteiger partial charge in [0.15, 0.2) is 0 Å². The summed E-state index contributed by atoms with van der Waals surface area (Å²) in [5.74, 6) is 0. The van der Waals surface area contributed by atoms with Gasteiger partial charge in [-0.2, -0.15) is 5.10 Å². The maximum absolute atomic E-state index is 4.44. The minimum Gasteiger partial charge on any atom is -0.290 e. The van der Waals surface area contributed by atoms with Gasteiger partial charge in [0.2, 0.25) is 0 Å². The highest BCUT2D eigenvalue weighted by molar-refractivity contribution is 5.46. The van der Waals surface area contributed by atoms with Crippen molar-refractivity contribution in [1.82, 2.24) is 19.5 Å². The third kappa shape index (κ3) is 2.67. The number of aromatic nitrogens is 3. The fourth-order valence-corrected chi connectivity index (χ4v) is 2.82. The van der Waals surface area contributed by atoms with E-state index in [1.807, 2.05) is 35.2 Å². The molecule has 1 fully saturated rings. The van der Waals surface area contributed by atoms with Gasteiger partial charge in [0, 0.05) is 37.7 Å². The van der Waals surface area contributed by atoms with Gasteiger partial charge in [0.05, 0.1) is 11.2 Å². The first-order valence-corrected chi connectivity index (χ1v) is 7.45. The van der Waals surface area contributed by atoms with Crippen LogP contribution in [0, 0.1) is 0 Å². The highest BCUT2D eigenvalue weighted by Gasteiger charge is 2.29. The molecule has 0 saturated heterocycles. The summed E-state index contributed by atoms with van der Waals surface area (Å²) in [6.45, 7) is 1.88. The SMILES string of the molecule is c1cncc(CN(Cc2cccc3ccnn23)C2CC2)c1. The summed E-state index contributed by atoms with van der Waals surface area (Å²) in [6, 6.07) is 13.3. The average molecular weight is 278 g/mol. The van der Waals surface area contributed by atoms with E-state index in [1.54, 1.807) is 0 Å². The zero-order valence-electron chi connectivity index (χ0n) is 11.9. The Labute approximate surface area is 124 Å². The van der Waals surface area contributed by atoms with Crippen LogP contribution in [0.25, 0.3) is 5.52 Å². The largest absolute Gasteiger partial charge is 0.290 e. The molecule has 0 amide bonds. The lowest BCUT2D eigenvalue weighted by atomic mass is 10.2. The number of hydrogen-bond donors (Lipinski definition) is 0. The summed E-state index contributed by atoms with van der Waals surface area (Å²) in [5, 5.41) is 4.44. The van der Waals surface area contributed by atoms with Crippen molar-refractivity contribution in [3.05, 3.63) is 66.2 Å². The van der Waals surface area contributed by atoms with Crippen molar-refractivity contribution in [2.75, 3.05) is 0 Å². The molecule has 0 aliphatic heterocycles. The average Bonchev–Trinajstić information content (AvgIpc) is 3.25. The van der Waals surface area contributed by atoms with Crippen LogP contribution in [-0.2, 0) is 13.1 Å². The van der Waals surface area contributed by atoms with E-state index < -0.39 is 0 Å². The summed E-state index contributed by atoms with van der Waals surface area (Å²) >= 11 is 0. The van der Waals surface area contributed by atoms with Crippen LogP contribution in [0.2, 0.25) is 0 Å². The van der Waals surface area contributed by atoms with Gasteiger partial charge in [-0.15, -0.1) is 0 Å². The van der Waals surface area contributed by atoms with Crippen LogP contribution in [0.1, 0.15) is 24.1 Å². The van der Waals surface area contributed by atoms with E-state index >= 15 is 0 Å². The monoisotopic (exact) mass is 278 g/mol. The quantitative estimate of drug-likeness (QED) is 0.719. The smallest absolute Gasteiger partial charge is 0.0665 e. The van der Waals surface area contributed by atoms with Crippen molar-refractivity contribution in [2.24, 2.45) is 0 Å². The van der Waals surface area contributed by atoms with Gasteiger partial charge in [-0.1, -0.05) is 12.1 Å². The molecule has 0 aromatic carbocycles. The zero-order valence-corrected chi connectivity index (χ0v) is 11.9. The molecule has 1 aliphatic rings. The van der Waals surface area contributed by atoms with Gasteiger partial charge in [0.25, 0.3) is 0 Å². The number of pyridine rings is 2. The Morgan fingerprint density at radius 2 is 2.00 bits per heavy atom. The molecule has 0 N–H and O–H groups in total. The molecule has 0 atom stereocenters. The number of rotatable bonds is 5. The summed E-state index contributed by atoms with van der Waals surface area (Å²) in [7, 11) is 0. The molecule has 0 bridgehead atoms.